The zero-order valence-corrected chi connectivity index (χ0v) is 9.97. The van der Waals surface area contributed by atoms with Gasteiger partial charge in [0.05, 0.1) is 0 Å². The predicted octanol–water partition coefficient (Wildman–Crippen LogP) is 2.31. The van der Waals surface area contributed by atoms with Crippen molar-refractivity contribution in [1.29, 1.82) is 0 Å². The van der Waals surface area contributed by atoms with Crippen LogP contribution in [0.2, 0.25) is 0 Å². The number of hydrogen-bond donors (Lipinski definition) is 2. The molecule has 2 heteroatoms. The van der Waals surface area contributed by atoms with Crippen LogP contribution in [0.4, 0.5) is 0 Å². The molecule has 0 bridgehead atoms. The summed E-state index contributed by atoms with van der Waals surface area (Å²) in [5.74, 6) is 0.732. The molecule has 0 aliphatic rings. The first kappa shape index (κ1) is 13.7. The number of hydrogen-bond acceptors (Lipinski definition) is 2. The van der Waals surface area contributed by atoms with E-state index in [9.17, 15) is 0 Å². The Morgan fingerprint density at radius 3 is 2.50 bits per heavy atom. The van der Waals surface area contributed by atoms with Crippen LogP contribution in [0.1, 0.15) is 40.0 Å². The Labute approximate surface area is 89.0 Å². The SMILES string of the molecule is C=CCNC(CC)(CN)CC(C)CC. The van der Waals surface area contributed by atoms with Crippen LogP contribution in [0.3, 0.4) is 0 Å². The number of nitrogens with one attached hydrogen (secondary N) is 1. The molecule has 2 unspecified atom stereocenters. The summed E-state index contributed by atoms with van der Waals surface area (Å²) in [6.07, 6.45) is 5.36. The van der Waals surface area contributed by atoms with Gasteiger partial charge in [0.25, 0.3) is 0 Å². The van der Waals surface area contributed by atoms with E-state index in [4.69, 9.17) is 5.73 Å². The fourth-order valence-electron chi connectivity index (χ4n) is 1.74. The van der Waals surface area contributed by atoms with Crippen LogP contribution in [0.15, 0.2) is 12.7 Å². The standard InChI is InChI=1S/C12H26N2/c1-5-8-14-12(7-3,10-13)9-11(4)6-2/h5,11,14H,1,6-10,13H2,2-4H3. The summed E-state index contributed by atoms with van der Waals surface area (Å²) < 4.78 is 0. The minimum absolute atomic E-state index is 0.115. The molecule has 0 heterocycles. The summed E-state index contributed by atoms with van der Waals surface area (Å²) in [5, 5.41) is 3.50. The molecule has 2 nitrogen and oxygen atoms in total. The summed E-state index contributed by atoms with van der Waals surface area (Å²) in [4.78, 5) is 0. The molecule has 0 aromatic rings. The van der Waals surface area contributed by atoms with Crippen LogP contribution in [0.5, 0.6) is 0 Å². The molecule has 84 valence electrons. The lowest BCUT2D eigenvalue weighted by Crippen LogP contribution is -2.51. The van der Waals surface area contributed by atoms with Gasteiger partial charge in [0, 0.05) is 18.6 Å². The van der Waals surface area contributed by atoms with Crippen molar-refractivity contribution in [2.75, 3.05) is 13.1 Å². The molecule has 0 radical (unpaired) electrons. The largest absolute Gasteiger partial charge is 0.329 e. The molecule has 0 saturated heterocycles. The second-order valence-corrected chi connectivity index (χ2v) is 4.23. The van der Waals surface area contributed by atoms with E-state index >= 15 is 0 Å². The van der Waals surface area contributed by atoms with E-state index in [1.807, 2.05) is 6.08 Å². The van der Waals surface area contributed by atoms with Crippen molar-refractivity contribution < 1.29 is 0 Å². The maximum absolute atomic E-state index is 5.87. The van der Waals surface area contributed by atoms with E-state index in [1.165, 1.54) is 6.42 Å². The molecule has 0 aromatic heterocycles. The summed E-state index contributed by atoms with van der Waals surface area (Å²) >= 11 is 0. The Balaban J connectivity index is 4.27. The van der Waals surface area contributed by atoms with E-state index in [0.717, 1.165) is 25.3 Å². The van der Waals surface area contributed by atoms with Crippen molar-refractivity contribution in [3.05, 3.63) is 12.7 Å². The number of rotatable bonds is 8. The lowest BCUT2D eigenvalue weighted by Gasteiger charge is -2.34. The average molecular weight is 198 g/mol. The first-order chi connectivity index (χ1) is 6.64. The number of nitrogens with two attached hydrogens (primary N) is 1. The molecule has 0 spiro atoms. The van der Waals surface area contributed by atoms with Gasteiger partial charge in [-0.15, -0.1) is 6.58 Å². The Morgan fingerprint density at radius 2 is 2.14 bits per heavy atom. The van der Waals surface area contributed by atoms with Gasteiger partial charge in [-0.25, -0.2) is 0 Å². The highest BCUT2D eigenvalue weighted by atomic mass is 15.0. The first-order valence-electron chi connectivity index (χ1n) is 5.70. The zero-order valence-electron chi connectivity index (χ0n) is 9.97. The van der Waals surface area contributed by atoms with Crippen molar-refractivity contribution in [2.45, 2.75) is 45.6 Å². The lowest BCUT2D eigenvalue weighted by atomic mass is 9.84. The minimum Gasteiger partial charge on any atom is -0.329 e. The molecule has 0 aliphatic heterocycles. The topological polar surface area (TPSA) is 38.0 Å². The maximum atomic E-state index is 5.87. The highest BCUT2D eigenvalue weighted by Crippen LogP contribution is 2.21. The fourth-order valence-corrected chi connectivity index (χ4v) is 1.74. The second kappa shape index (κ2) is 7.02. The van der Waals surface area contributed by atoms with Crippen LogP contribution in [0.25, 0.3) is 0 Å². The molecular formula is C12H26N2. The van der Waals surface area contributed by atoms with Crippen LogP contribution >= 0.6 is 0 Å². The third kappa shape index (κ3) is 4.25. The average Bonchev–Trinajstić information content (AvgIpc) is 2.24. The predicted molar refractivity (Wildman–Crippen MR) is 64.3 cm³/mol. The summed E-state index contributed by atoms with van der Waals surface area (Å²) in [7, 11) is 0. The van der Waals surface area contributed by atoms with Gasteiger partial charge in [-0.05, 0) is 18.8 Å². The molecule has 14 heavy (non-hydrogen) atoms. The minimum atomic E-state index is 0.115. The van der Waals surface area contributed by atoms with Crippen molar-refractivity contribution >= 4 is 0 Å². The molecule has 0 amide bonds. The van der Waals surface area contributed by atoms with E-state index in [0.29, 0.717) is 6.54 Å². The van der Waals surface area contributed by atoms with Gasteiger partial charge in [-0.2, -0.15) is 0 Å². The summed E-state index contributed by atoms with van der Waals surface area (Å²) in [6, 6.07) is 0. The van der Waals surface area contributed by atoms with Gasteiger partial charge in [-0.3, -0.25) is 0 Å². The summed E-state index contributed by atoms with van der Waals surface area (Å²) in [6.45, 7) is 12.0. The van der Waals surface area contributed by atoms with Crippen molar-refractivity contribution in [2.24, 2.45) is 11.7 Å². The molecule has 0 saturated carbocycles. The molecular weight excluding hydrogens is 172 g/mol. The molecule has 2 atom stereocenters. The van der Waals surface area contributed by atoms with Gasteiger partial charge < -0.3 is 11.1 Å². The molecule has 0 aliphatic carbocycles. The summed E-state index contributed by atoms with van der Waals surface area (Å²) in [5.41, 5.74) is 5.98. The third-order valence-corrected chi connectivity index (χ3v) is 3.13. The quantitative estimate of drug-likeness (QED) is 0.587. The molecule has 0 fully saturated rings. The second-order valence-electron chi connectivity index (χ2n) is 4.23. The van der Waals surface area contributed by atoms with Gasteiger partial charge in [0.1, 0.15) is 0 Å². The smallest absolute Gasteiger partial charge is 0.0306 e. The lowest BCUT2D eigenvalue weighted by molar-refractivity contribution is 0.263. The molecule has 3 N–H and O–H groups in total. The van der Waals surface area contributed by atoms with Crippen molar-refractivity contribution in [1.82, 2.24) is 5.32 Å². The zero-order chi connectivity index (χ0) is 11.0. The van der Waals surface area contributed by atoms with Crippen molar-refractivity contribution in [3.63, 3.8) is 0 Å². The van der Waals surface area contributed by atoms with Crippen LogP contribution in [-0.4, -0.2) is 18.6 Å². The first-order valence-corrected chi connectivity index (χ1v) is 5.70. The van der Waals surface area contributed by atoms with E-state index in [1.54, 1.807) is 0 Å². The van der Waals surface area contributed by atoms with Crippen LogP contribution < -0.4 is 11.1 Å². The van der Waals surface area contributed by atoms with Gasteiger partial charge >= 0.3 is 0 Å². The normalized spacial score (nSPS) is 17.4. The maximum Gasteiger partial charge on any atom is 0.0306 e. The Morgan fingerprint density at radius 1 is 1.50 bits per heavy atom. The highest BCUT2D eigenvalue weighted by Gasteiger charge is 2.26. The molecule has 0 aromatic carbocycles. The van der Waals surface area contributed by atoms with E-state index < -0.39 is 0 Å². The Kier molecular flexibility index (Phi) is 6.85. The van der Waals surface area contributed by atoms with E-state index in [-0.39, 0.29) is 5.54 Å². The fraction of sp³-hybridized carbons (Fsp3) is 0.833. The van der Waals surface area contributed by atoms with Crippen molar-refractivity contribution in [3.8, 4) is 0 Å². The molecule has 0 rings (SSSR count). The monoisotopic (exact) mass is 198 g/mol. The Hall–Kier alpha value is -0.340. The third-order valence-electron chi connectivity index (χ3n) is 3.13. The van der Waals surface area contributed by atoms with Gasteiger partial charge in [-0.1, -0.05) is 33.3 Å². The van der Waals surface area contributed by atoms with Gasteiger partial charge in [0.2, 0.25) is 0 Å². The highest BCUT2D eigenvalue weighted by molar-refractivity contribution is 4.91. The van der Waals surface area contributed by atoms with E-state index in [2.05, 4.69) is 32.7 Å². The van der Waals surface area contributed by atoms with Crippen LogP contribution in [-0.2, 0) is 0 Å². The van der Waals surface area contributed by atoms with Gasteiger partial charge in [0.15, 0.2) is 0 Å². The van der Waals surface area contributed by atoms with Crippen LogP contribution in [0, 0.1) is 5.92 Å². The Bertz CT molecular complexity index is 150.